The van der Waals surface area contributed by atoms with Crippen molar-refractivity contribution in [3.05, 3.63) is 29.3 Å². The van der Waals surface area contributed by atoms with Crippen LogP contribution in [0.2, 0.25) is 0 Å². The first-order valence-electron chi connectivity index (χ1n) is 6.44. The SMILES string of the molecule is COC(=O)NC1CCN(c2ccc(C)cc2CO)C1. The van der Waals surface area contributed by atoms with Gasteiger partial charge >= 0.3 is 6.09 Å². The number of ether oxygens (including phenoxy) is 1. The van der Waals surface area contributed by atoms with Crippen LogP contribution in [0, 0.1) is 6.92 Å². The summed E-state index contributed by atoms with van der Waals surface area (Å²) in [6, 6.07) is 6.16. The van der Waals surface area contributed by atoms with Gasteiger partial charge in [-0.2, -0.15) is 0 Å². The molecule has 104 valence electrons. The van der Waals surface area contributed by atoms with Crippen LogP contribution in [-0.2, 0) is 11.3 Å². The second-order valence-corrected chi connectivity index (χ2v) is 4.86. The molecule has 5 nitrogen and oxygen atoms in total. The smallest absolute Gasteiger partial charge is 0.407 e. The van der Waals surface area contributed by atoms with E-state index >= 15 is 0 Å². The van der Waals surface area contributed by atoms with Gasteiger partial charge in [0.1, 0.15) is 0 Å². The van der Waals surface area contributed by atoms with Crippen molar-refractivity contribution in [3.63, 3.8) is 0 Å². The van der Waals surface area contributed by atoms with Crippen LogP contribution in [0.5, 0.6) is 0 Å². The zero-order valence-electron chi connectivity index (χ0n) is 11.3. The number of methoxy groups -OCH3 is 1. The number of alkyl carbamates (subject to hydrolysis) is 1. The maximum absolute atomic E-state index is 11.2. The van der Waals surface area contributed by atoms with Gasteiger partial charge in [0.25, 0.3) is 0 Å². The molecule has 5 heteroatoms. The quantitative estimate of drug-likeness (QED) is 0.867. The molecular formula is C14H20N2O3. The van der Waals surface area contributed by atoms with Gasteiger partial charge in [0.15, 0.2) is 0 Å². The Morgan fingerprint density at radius 3 is 3.05 bits per heavy atom. The highest BCUT2D eigenvalue weighted by atomic mass is 16.5. The summed E-state index contributed by atoms with van der Waals surface area (Å²) in [5.41, 5.74) is 3.11. The van der Waals surface area contributed by atoms with Crippen molar-refractivity contribution in [2.24, 2.45) is 0 Å². The molecule has 0 aliphatic carbocycles. The predicted molar refractivity (Wildman–Crippen MR) is 73.3 cm³/mol. The van der Waals surface area contributed by atoms with Gasteiger partial charge in [-0.25, -0.2) is 4.79 Å². The van der Waals surface area contributed by atoms with E-state index in [0.717, 1.165) is 36.3 Å². The summed E-state index contributed by atoms with van der Waals surface area (Å²) >= 11 is 0. The number of aliphatic hydroxyl groups excluding tert-OH is 1. The van der Waals surface area contributed by atoms with E-state index in [9.17, 15) is 9.90 Å². The number of benzene rings is 1. The fourth-order valence-electron chi connectivity index (χ4n) is 2.47. The lowest BCUT2D eigenvalue weighted by Gasteiger charge is -2.22. The van der Waals surface area contributed by atoms with Crippen LogP contribution in [0.15, 0.2) is 18.2 Å². The molecule has 19 heavy (non-hydrogen) atoms. The average Bonchev–Trinajstić information content (AvgIpc) is 2.86. The fourth-order valence-corrected chi connectivity index (χ4v) is 2.47. The number of carbonyl (C=O) groups excluding carboxylic acids is 1. The van der Waals surface area contributed by atoms with Gasteiger partial charge in [0.05, 0.1) is 19.8 Å². The average molecular weight is 264 g/mol. The van der Waals surface area contributed by atoms with Gasteiger partial charge in [0, 0.05) is 24.3 Å². The lowest BCUT2D eigenvalue weighted by molar-refractivity contribution is 0.167. The molecule has 1 fully saturated rings. The lowest BCUT2D eigenvalue weighted by atomic mass is 10.1. The molecule has 1 unspecified atom stereocenters. The van der Waals surface area contributed by atoms with Crippen LogP contribution in [-0.4, -0.2) is 37.4 Å². The highest BCUT2D eigenvalue weighted by molar-refractivity contribution is 5.67. The Labute approximate surface area is 113 Å². The van der Waals surface area contributed by atoms with Crippen LogP contribution in [0.4, 0.5) is 10.5 Å². The maximum Gasteiger partial charge on any atom is 0.407 e. The van der Waals surface area contributed by atoms with E-state index in [-0.39, 0.29) is 12.6 Å². The summed E-state index contributed by atoms with van der Waals surface area (Å²) in [6.07, 6.45) is 0.492. The zero-order valence-corrected chi connectivity index (χ0v) is 11.3. The summed E-state index contributed by atoms with van der Waals surface area (Å²) in [5.74, 6) is 0. The number of rotatable bonds is 3. The van der Waals surface area contributed by atoms with E-state index in [2.05, 4.69) is 15.0 Å². The van der Waals surface area contributed by atoms with E-state index in [1.54, 1.807) is 0 Å². The Kier molecular flexibility index (Phi) is 4.27. The summed E-state index contributed by atoms with van der Waals surface area (Å²) in [5, 5.41) is 12.2. The topological polar surface area (TPSA) is 61.8 Å². The molecule has 1 saturated heterocycles. The molecule has 0 bridgehead atoms. The molecule has 1 aliphatic heterocycles. The number of carbonyl (C=O) groups is 1. The number of nitrogens with one attached hydrogen (secondary N) is 1. The van der Waals surface area contributed by atoms with E-state index in [1.807, 2.05) is 25.1 Å². The number of amides is 1. The molecule has 0 aromatic heterocycles. The van der Waals surface area contributed by atoms with Crippen molar-refractivity contribution in [1.29, 1.82) is 0 Å². The molecule has 0 saturated carbocycles. The van der Waals surface area contributed by atoms with E-state index in [1.165, 1.54) is 7.11 Å². The van der Waals surface area contributed by atoms with Gasteiger partial charge < -0.3 is 20.1 Å². The molecule has 1 amide bonds. The number of anilines is 1. The lowest BCUT2D eigenvalue weighted by Crippen LogP contribution is -2.37. The van der Waals surface area contributed by atoms with Crippen molar-refractivity contribution in [2.45, 2.75) is 26.0 Å². The number of aliphatic hydroxyl groups is 1. The molecule has 0 radical (unpaired) electrons. The Morgan fingerprint density at radius 1 is 1.58 bits per heavy atom. The van der Waals surface area contributed by atoms with Crippen molar-refractivity contribution in [3.8, 4) is 0 Å². The fraction of sp³-hybridized carbons (Fsp3) is 0.500. The summed E-state index contributed by atoms with van der Waals surface area (Å²) in [6.45, 7) is 3.65. The number of hydrogen-bond donors (Lipinski definition) is 2. The van der Waals surface area contributed by atoms with Gasteiger partial charge in [-0.1, -0.05) is 17.7 Å². The standard InChI is InChI=1S/C14H20N2O3/c1-10-3-4-13(11(7-10)9-17)16-6-5-12(8-16)15-14(18)19-2/h3-4,7,12,17H,5-6,8-9H2,1-2H3,(H,15,18). The third kappa shape index (κ3) is 3.17. The molecule has 1 heterocycles. The summed E-state index contributed by atoms with van der Waals surface area (Å²) in [4.78, 5) is 13.4. The third-order valence-corrected chi connectivity index (χ3v) is 3.44. The van der Waals surface area contributed by atoms with Gasteiger partial charge in [-0.15, -0.1) is 0 Å². The number of aryl methyl sites for hydroxylation is 1. The molecule has 1 aliphatic rings. The highest BCUT2D eigenvalue weighted by Crippen LogP contribution is 2.25. The Hall–Kier alpha value is -1.75. The van der Waals surface area contributed by atoms with Crippen LogP contribution < -0.4 is 10.2 Å². The Bertz CT molecular complexity index is 462. The normalized spacial score (nSPS) is 18.5. The molecule has 1 aromatic carbocycles. The maximum atomic E-state index is 11.2. The van der Waals surface area contributed by atoms with Crippen molar-refractivity contribution >= 4 is 11.8 Å². The van der Waals surface area contributed by atoms with E-state index in [0.29, 0.717) is 0 Å². The molecule has 2 rings (SSSR count). The van der Waals surface area contributed by atoms with E-state index < -0.39 is 6.09 Å². The summed E-state index contributed by atoms with van der Waals surface area (Å²) in [7, 11) is 1.37. The second-order valence-electron chi connectivity index (χ2n) is 4.86. The Balaban J connectivity index is 2.06. The minimum Gasteiger partial charge on any atom is -0.453 e. The largest absolute Gasteiger partial charge is 0.453 e. The first kappa shape index (κ1) is 13.7. The second kappa shape index (κ2) is 5.93. The van der Waals surface area contributed by atoms with Crippen LogP contribution >= 0.6 is 0 Å². The number of nitrogens with zero attached hydrogens (tertiary/aromatic N) is 1. The minimum absolute atomic E-state index is 0.0304. The predicted octanol–water partition coefficient (Wildman–Crippen LogP) is 1.42. The van der Waals surface area contributed by atoms with Crippen molar-refractivity contribution in [1.82, 2.24) is 5.32 Å². The molecule has 2 N–H and O–H groups in total. The summed E-state index contributed by atoms with van der Waals surface area (Å²) < 4.78 is 4.61. The first-order chi connectivity index (χ1) is 9.13. The van der Waals surface area contributed by atoms with Crippen molar-refractivity contribution < 1.29 is 14.6 Å². The van der Waals surface area contributed by atoms with Crippen LogP contribution in [0.1, 0.15) is 17.5 Å². The van der Waals surface area contributed by atoms with Gasteiger partial charge in [-0.3, -0.25) is 0 Å². The monoisotopic (exact) mass is 264 g/mol. The highest BCUT2D eigenvalue weighted by Gasteiger charge is 2.25. The van der Waals surface area contributed by atoms with Gasteiger partial charge in [0.2, 0.25) is 0 Å². The van der Waals surface area contributed by atoms with Crippen LogP contribution in [0.25, 0.3) is 0 Å². The van der Waals surface area contributed by atoms with Crippen LogP contribution in [0.3, 0.4) is 0 Å². The molecule has 1 atom stereocenters. The van der Waals surface area contributed by atoms with E-state index in [4.69, 9.17) is 0 Å². The third-order valence-electron chi connectivity index (χ3n) is 3.44. The molecule has 0 spiro atoms. The minimum atomic E-state index is -0.391. The first-order valence-corrected chi connectivity index (χ1v) is 6.44. The molecule has 1 aromatic rings. The Morgan fingerprint density at radius 2 is 2.37 bits per heavy atom. The van der Waals surface area contributed by atoms with Gasteiger partial charge in [-0.05, 0) is 19.4 Å². The molecular weight excluding hydrogens is 244 g/mol. The zero-order chi connectivity index (χ0) is 13.8. The van der Waals surface area contributed by atoms with Crippen molar-refractivity contribution in [2.75, 3.05) is 25.1 Å². The number of hydrogen-bond acceptors (Lipinski definition) is 4.